The molecule has 0 saturated carbocycles. The molecule has 4 heterocycles. The van der Waals surface area contributed by atoms with E-state index < -0.39 is 0 Å². The van der Waals surface area contributed by atoms with E-state index in [2.05, 4.69) is 0 Å². The summed E-state index contributed by atoms with van der Waals surface area (Å²) < 4.78 is 0. The van der Waals surface area contributed by atoms with Crippen molar-refractivity contribution in [1.29, 1.82) is 0 Å². The van der Waals surface area contributed by atoms with Gasteiger partial charge < -0.3 is 20.5 Å². The van der Waals surface area contributed by atoms with Gasteiger partial charge in [0.05, 0.1) is 0 Å². The first-order valence-electron chi connectivity index (χ1n) is 6.09. The average molecular weight is 224 g/mol. The Morgan fingerprint density at radius 2 is 0.812 bits per heavy atom. The zero-order valence-electron chi connectivity index (χ0n) is 10.5. The van der Waals surface area contributed by atoms with Crippen LogP contribution in [-0.2, 0) is 0 Å². The van der Waals surface area contributed by atoms with Crippen molar-refractivity contribution in [3.05, 3.63) is 10.4 Å². The Bertz CT molecular complexity index is 281. The molecule has 4 aliphatic heterocycles. The SMILES string of the molecule is CC12CC3(C)CC(C)(CC(C)(C1)N3[O-])N2[O-]. The summed E-state index contributed by atoms with van der Waals surface area (Å²) in [7, 11) is 0. The highest BCUT2D eigenvalue weighted by atomic mass is 16.5. The standard InChI is InChI=1S/C12H20N2O2/c1-9-5-10(2)7-12(4,13(9)15)8-11(3,6-9)14(10)16/h5-8H2,1-4H3/q-2. The van der Waals surface area contributed by atoms with Gasteiger partial charge >= 0.3 is 0 Å². The van der Waals surface area contributed by atoms with Crippen LogP contribution in [0.5, 0.6) is 0 Å². The number of hydrogen-bond donors (Lipinski definition) is 0. The van der Waals surface area contributed by atoms with Crippen molar-refractivity contribution in [2.45, 2.75) is 75.5 Å². The summed E-state index contributed by atoms with van der Waals surface area (Å²) >= 11 is 0. The number of hydrogen-bond acceptors (Lipinski definition) is 4. The van der Waals surface area contributed by atoms with E-state index in [1.54, 1.807) is 0 Å². The molecule has 4 rings (SSSR count). The van der Waals surface area contributed by atoms with Crippen LogP contribution in [0.1, 0.15) is 53.4 Å². The molecular formula is C12H20N2O2-2. The van der Waals surface area contributed by atoms with Crippen molar-refractivity contribution in [3.63, 3.8) is 0 Å². The third-order valence-electron chi connectivity index (χ3n) is 5.01. The summed E-state index contributed by atoms with van der Waals surface area (Å²) in [5.74, 6) is 0. The van der Waals surface area contributed by atoms with Gasteiger partial charge in [-0.3, -0.25) is 0 Å². The molecule has 0 aliphatic carbocycles. The van der Waals surface area contributed by atoms with Crippen LogP contribution in [0.15, 0.2) is 0 Å². The van der Waals surface area contributed by atoms with Gasteiger partial charge in [-0.2, -0.15) is 0 Å². The molecule has 4 heteroatoms. The quantitative estimate of drug-likeness (QED) is 0.633. The Kier molecular flexibility index (Phi) is 1.70. The fourth-order valence-corrected chi connectivity index (χ4v) is 5.41. The van der Waals surface area contributed by atoms with Crippen molar-refractivity contribution in [2.75, 3.05) is 0 Å². The number of nitrogens with zero attached hydrogens (tertiary/aromatic N) is 2. The Morgan fingerprint density at radius 1 is 0.625 bits per heavy atom. The van der Waals surface area contributed by atoms with E-state index >= 15 is 0 Å². The molecule has 4 nitrogen and oxygen atoms in total. The molecule has 0 radical (unpaired) electrons. The monoisotopic (exact) mass is 224 g/mol. The van der Waals surface area contributed by atoms with Gasteiger partial charge in [0.2, 0.25) is 0 Å². The fraction of sp³-hybridized carbons (Fsp3) is 1.00. The molecule has 4 saturated heterocycles. The summed E-state index contributed by atoms with van der Waals surface area (Å²) in [5, 5.41) is 27.4. The molecule has 4 fully saturated rings. The Labute approximate surface area is 96.8 Å². The van der Waals surface area contributed by atoms with E-state index in [0.717, 1.165) is 0 Å². The van der Waals surface area contributed by atoms with Crippen LogP contribution in [0.4, 0.5) is 0 Å². The van der Waals surface area contributed by atoms with E-state index in [9.17, 15) is 10.4 Å². The van der Waals surface area contributed by atoms with Crippen molar-refractivity contribution in [3.8, 4) is 0 Å². The minimum absolute atomic E-state index is 0.338. The van der Waals surface area contributed by atoms with Crippen LogP contribution in [-0.4, -0.2) is 32.3 Å². The molecule has 92 valence electrons. The highest BCUT2D eigenvalue weighted by molar-refractivity contribution is 5.26. The third kappa shape index (κ3) is 0.997. The van der Waals surface area contributed by atoms with Gasteiger partial charge in [0.15, 0.2) is 0 Å². The molecule has 4 bridgehead atoms. The molecule has 0 aromatic rings. The van der Waals surface area contributed by atoms with Crippen LogP contribution < -0.4 is 0 Å². The third-order valence-corrected chi connectivity index (χ3v) is 5.01. The second-order valence-corrected chi connectivity index (χ2v) is 7.28. The van der Waals surface area contributed by atoms with Gasteiger partial charge in [-0.25, -0.2) is 0 Å². The fourth-order valence-electron chi connectivity index (χ4n) is 5.41. The lowest BCUT2D eigenvalue weighted by Crippen LogP contribution is -2.82. The van der Waals surface area contributed by atoms with Crippen molar-refractivity contribution in [1.82, 2.24) is 10.1 Å². The van der Waals surface area contributed by atoms with E-state index in [0.29, 0.717) is 25.7 Å². The van der Waals surface area contributed by atoms with Gasteiger partial charge in [0.25, 0.3) is 0 Å². The Hall–Kier alpha value is -0.160. The summed E-state index contributed by atoms with van der Waals surface area (Å²) in [4.78, 5) is 0. The summed E-state index contributed by atoms with van der Waals surface area (Å²) in [6.45, 7) is 8.11. The maximum atomic E-state index is 12.4. The van der Waals surface area contributed by atoms with Crippen molar-refractivity contribution in [2.24, 2.45) is 0 Å². The topological polar surface area (TPSA) is 52.6 Å². The largest absolute Gasteiger partial charge is 0.784 e. The summed E-state index contributed by atoms with van der Waals surface area (Å²) in [5.41, 5.74) is -1.35. The van der Waals surface area contributed by atoms with Gasteiger partial charge in [0.1, 0.15) is 0 Å². The van der Waals surface area contributed by atoms with E-state index in [-0.39, 0.29) is 22.2 Å². The molecule has 0 amide bonds. The first-order chi connectivity index (χ1) is 7.14. The van der Waals surface area contributed by atoms with Gasteiger partial charge in [-0.1, -0.05) is 0 Å². The van der Waals surface area contributed by atoms with E-state index in [4.69, 9.17) is 0 Å². The van der Waals surface area contributed by atoms with E-state index in [1.807, 2.05) is 27.7 Å². The van der Waals surface area contributed by atoms with Crippen molar-refractivity contribution < 1.29 is 0 Å². The molecule has 16 heavy (non-hydrogen) atoms. The molecule has 4 aliphatic rings. The average Bonchev–Trinajstić information content (AvgIpc) is 2.08. The van der Waals surface area contributed by atoms with Crippen LogP contribution in [0.2, 0.25) is 0 Å². The Balaban J connectivity index is 2.15. The molecule has 0 unspecified atom stereocenters. The van der Waals surface area contributed by atoms with E-state index in [1.165, 1.54) is 10.1 Å². The maximum Gasteiger partial charge on any atom is 0.0100 e. The van der Waals surface area contributed by atoms with Gasteiger partial charge in [0, 0.05) is 22.2 Å². The normalized spacial score (nSPS) is 61.9. The maximum absolute atomic E-state index is 12.4. The number of hydroxylamine groups is 4. The smallest absolute Gasteiger partial charge is 0.0100 e. The zero-order valence-corrected chi connectivity index (χ0v) is 10.5. The van der Waals surface area contributed by atoms with Crippen LogP contribution >= 0.6 is 0 Å². The van der Waals surface area contributed by atoms with Crippen LogP contribution in [0.3, 0.4) is 0 Å². The second kappa shape index (κ2) is 2.48. The van der Waals surface area contributed by atoms with Crippen LogP contribution in [0.25, 0.3) is 0 Å². The molecule has 0 atom stereocenters. The predicted molar refractivity (Wildman–Crippen MR) is 62.5 cm³/mol. The molecule has 0 aromatic carbocycles. The molecular weight excluding hydrogens is 204 g/mol. The summed E-state index contributed by atoms with van der Waals surface area (Å²) in [6.07, 6.45) is 2.83. The van der Waals surface area contributed by atoms with Crippen molar-refractivity contribution >= 4 is 0 Å². The lowest BCUT2D eigenvalue weighted by atomic mass is 9.53. The lowest BCUT2D eigenvalue weighted by Gasteiger charge is -2.81. The zero-order chi connectivity index (χ0) is 12.0. The first kappa shape index (κ1) is 11.0. The second-order valence-electron chi connectivity index (χ2n) is 7.28. The lowest BCUT2D eigenvalue weighted by molar-refractivity contribution is -0.222. The molecule has 0 spiro atoms. The summed E-state index contributed by atoms with van der Waals surface area (Å²) in [6, 6.07) is 0. The van der Waals surface area contributed by atoms with Crippen LogP contribution in [0, 0.1) is 10.4 Å². The highest BCUT2D eigenvalue weighted by Gasteiger charge is 2.64. The molecule has 0 N–H and O–H groups in total. The van der Waals surface area contributed by atoms with Gasteiger partial charge in [-0.15, -0.1) is 0 Å². The first-order valence-corrected chi connectivity index (χ1v) is 6.09. The predicted octanol–water partition coefficient (Wildman–Crippen LogP) is 2.22. The minimum atomic E-state index is -0.338. The highest BCUT2D eigenvalue weighted by Crippen LogP contribution is 2.62. The number of rotatable bonds is 0. The Morgan fingerprint density at radius 3 is 1.00 bits per heavy atom. The minimum Gasteiger partial charge on any atom is -0.784 e. The molecule has 0 aromatic heterocycles. The number of piperidine rings is 4. The van der Waals surface area contributed by atoms with Gasteiger partial charge in [-0.05, 0) is 53.4 Å².